The van der Waals surface area contributed by atoms with Crippen LogP contribution in [0, 0.1) is 0 Å². The molecule has 4 rings (SSSR count). The van der Waals surface area contributed by atoms with Gasteiger partial charge in [0.2, 0.25) is 0 Å². The van der Waals surface area contributed by atoms with E-state index in [9.17, 15) is 4.79 Å². The Morgan fingerprint density at radius 3 is 2.76 bits per heavy atom. The standard InChI is InChI=1S/C18H22N4O3/c1-24-14-8-6-12(7-9-14)16-10-22-15(11-25-16)17(20-21-22)18(23)19-13-4-2-3-5-13/h6-9,13,16H,2-5,10-11H2,1H3,(H,19,23)/t16-/m1/s1. The average Bonchev–Trinajstić information content (AvgIpc) is 3.30. The van der Waals surface area contributed by atoms with Crippen LogP contribution < -0.4 is 10.1 Å². The van der Waals surface area contributed by atoms with E-state index < -0.39 is 0 Å². The van der Waals surface area contributed by atoms with Crippen molar-refractivity contribution in [3.63, 3.8) is 0 Å². The maximum atomic E-state index is 12.5. The average molecular weight is 342 g/mol. The Morgan fingerprint density at radius 2 is 2.04 bits per heavy atom. The Bertz CT molecular complexity index is 750. The number of amides is 1. The Labute approximate surface area is 146 Å². The molecule has 1 N–H and O–H groups in total. The third kappa shape index (κ3) is 3.24. The number of benzene rings is 1. The molecule has 0 radical (unpaired) electrons. The van der Waals surface area contributed by atoms with Gasteiger partial charge in [-0.05, 0) is 30.5 Å². The van der Waals surface area contributed by atoms with E-state index in [2.05, 4.69) is 15.6 Å². The first-order valence-electron chi connectivity index (χ1n) is 8.73. The molecule has 1 aliphatic carbocycles. The summed E-state index contributed by atoms with van der Waals surface area (Å²) in [6, 6.07) is 8.06. The fraction of sp³-hybridized carbons (Fsp3) is 0.500. The van der Waals surface area contributed by atoms with Crippen molar-refractivity contribution in [2.45, 2.75) is 51.0 Å². The van der Waals surface area contributed by atoms with Crippen LogP contribution in [0.25, 0.3) is 0 Å². The number of aromatic nitrogens is 3. The largest absolute Gasteiger partial charge is 0.497 e. The molecule has 7 nitrogen and oxygen atoms in total. The predicted octanol–water partition coefficient (Wildman–Crippen LogP) is 2.23. The van der Waals surface area contributed by atoms with Gasteiger partial charge in [-0.3, -0.25) is 4.79 Å². The van der Waals surface area contributed by atoms with Crippen LogP contribution in [-0.2, 0) is 17.9 Å². The monoisotopic (exact) mass is 342 g/mol. The van der Waals surface area contributed by atoms with Gasteiger partial charge in [0.25, 0.3) is 5.91 Å². The summed E-state index contributed by atoms with van der Waals surface area (Å²) in [6.07, 6.45) is 4.34. The highest BCUT2D eigenvalue weighted by Crippen LogP contribution is 2.28. The molecule has 0 bridgehead atoms. The van der Waals surface area contributed by atoms with Crippen LogP contribution in [0.3, 0.4) is 0 Å². The number of nitrogens with one attached hydrogen (secondary N) is 1. The second kappa shape index (κ2) is 6.84. The molecule has 0 saturated heterocycles. The summed E-state index contributed by atoms with van der Waals surface area (Å²) < 4.78 is 12.9. The van der Waals surface area contributed by atoms with Gasteiger partial charge in [0.15, 0.2) is 5.69 Å². The number of methoxy groups -OCH3 is 1. The molecular weight excluding hydrogens is 320 g/mol. The van der Waals surface area contributed by atoms with E-state index in [-0.39, 0.29) is 18.1 Å². The van der Waals surface area contributed by atoms with Crippen LogP contribution in [0.15, 0.2) is 24.3 Å². The molecule has 1 aromatic carbocycles. The lowest BCUT2D eigenvalue weighted by atomic mass is 10.1. The Hall–Kier alpha value is -2.41. The first-order valence-corrected chi connectivity index (χ1v) is 8.73. The molecule has 2 heterocycles. The summed E-state index contributed by atoms with van der Waals surface area (Å²) in [5.74, 6) is 0.673. The molecule has 25 heavy (non-hydrogen) atoms. The van der Waals surface area contributed by atoms with Gasteiger partial charge in [0.05, 0.1) is 26.0 Å². The van der Waals surface area contributed by atoms with Crippen LogP contribution in [0.1, 0.15) is 53.5 Å². The van der Waals surface area contributed by atoms with Gasteiger partial charge in [-0.15, -0.1) is 5.10 Å². The Balaban J connectivity index is 1.47. The quantitative estimate of drug-likeness (QED) is 0.922. The van der Waals surface area contributed by atoms with Crippen LogP contribution in [0.2, 0.25) is 0 Å². The van der Waals surface area contributed by atoms with Crippen molar-refractivity contribution >= 4 is 5.91 Å². The second-order valence-corrected chi connectivity index (χ2v) is 6.59. The lowest BCUT2D eigenvalue weighted by Crippen LogP contribution is -2.34. The fourth-order valence-electron chi connectivity index (χ4n) is 3.53. The molecule has 1 aliphatic heterocycles. The van der Waals surface area contributed by atoms with Crippen molar-refractivity contribution in [2.24, 2.45) is 0 Å². The van der Waals surface area contributed by atoms with Gasteiger partial charge in [-0.25, -0.2) is 4.68 Å². The van der Waals surface area contributed by atoms with Gasteiger partial charge in [0, 0.05) is 6.04 Å². The topological polar surface area (TPSA) is 78.3 Å². The molecule has 7 heteroatoms. The maximum Gasteiger partial charge on any atom is 0.274 e. The zero-order chi connectivity index (χ0) is 17.2. The first kappa shape index (κ1) is 16.1. The summed E-state index contributed by atoms with van der Waals surface area (Å²) in [4.78, 5) is 12.5. The van der Waals surface area contributed by atoms with E-state index in [0.717, 1.165) is 29.8 Å². The van der Waals surface area contributed by atoms with Crippen molar-refractivity contribution in [2.75, 3.05) is 7.11 Å². The van der Waals surface area contributed by atoms with Gasteiger partial charge < -0.3 is 14.8 Å². The predicted molar refractivity (Wildman–Crippen MR) is 90.3 cm³/mol. The summed E-state index contributed by atoms with van der Waals surface area (Å²) >= 11 is 0. The van der Waals surface area contributed by atoms with E-state index in [0.29, 0.717) is 18.8 Å². The molecular formula is C18H22N4O3. The third-order valence-electron chi connectivity index (χ3n) is 4.99. The summed E-state index contributed by atoms with van der Waals surface area (Å²) in [7, 11) is 1.64. The minimum atomic E-state index is -0.139. The van der Waals surface area contributed by atoms with Gasteiger partial charge >= 0.3 is 0 Å². The number of rotatable bonds is 4. The highest BCUT2D eigenvalue weighted by atomic mass is 16.5. The lowest BCUT2D eigenvalue weighted by Gasteiger charge is -2.24. The van der Waals surface area contributed by atoms with Crippen LogP contribution in [0.4, 0.5) is 0 Å². The molecule has 1 fully saturated rings. The SMILES string of the molecule is COc1ccc([C@H]2Cn3nnc(C(=O)NC4CCCC4)c3CO2)cc1. The molecule has 2 aliphatic rings. The molecule has 1 aromatic heterocycles. The minimum Gasteiger partial charge on any atom is -0.497 e. The number of hydrogen-bond acceptors (Lipinski definition) is 5. The van der Waals surface area contributed by atoms with Crippen molar-refractivity contribution in [3.8, 4) is 5.75 Å². The molecule has 1 saturated carbocycles. The Kier molecular flexibility index (Phi) is 4.40. The second-order valence-electron chi connectivity index (χ2n) is 6.59. The number of fused-ring (bicyclic) bond motifs is 1. The zero-order valence-electron chi connectivity index (χ0n) is 14.3. The van der Waals surface area contributed by atoms with Crippen molar-refractivity contribution in [1.82, 2.24) is 20.3 Å². The molecule has 1 amide bonds. The normalized spacial score (nSPS) is 20.3. The number of carbonyl (C=O) groups is 1. The van der Waals surface area contributed by atoms with Gasteiger partial charge in [0.1, 0.15) is 11.9 Å². The molecule has 0 unspecified atom stereocenters. The van der Waals surface area contributed by atoms with Crippen LogP contribution in [-0.4, -0.2) is 34.1 Å². The molecule has 2 aromatic rings. The fourth-order valence-corrected chi connectivity index (χ4v) is 3.53. The molecule has 1 atom stereocenters. The zero-order valence-corrected chi connectivity index (χ0v) is 14.3. The van der Waals surface area contributed by atoms with E-state index >= 15 is 0 Å². The minimum absolute atomic E-state index is 0.106. The number of carbonyl (C=O) groups excluding carboxylic acids is 1. The summed E-state index contributed by atoms with van der Waals surface area (Å²) in [5.41, 5.74) is 2.19. The molecule has 132 valence electrons. The molecule has 0 spiro atoms. The Morgan fingerprint density at radius 1 is 1.28 bits per heavy atom. The number of nitrogens with zero attached hydrogens (tertiary/aromatic N) is 3. The highest BCUT2D eigenvalue weighted by Gasteiger charge is 2.29. The van der Waals surface area contributed by atoms with E-state index in [1.54, 1.807) is 11.8 Å². The van der Waals surface area contributed by atoms with Crippen molar-refractivity contribution in [3.05, 3.63) is 41.2 Å². The van der Waals surface area contributed by atoms with Gasteiger partial charge in [-0.2, -0.15) is 0 Å². The first-order chi connectivity index (χ1) is 12.2. The van der Waals surface area contributed by atoms with E-state index in [1.165, 1.54) is 12.8 Å². The third-order valence-corrected chi connectivity index (χ3v) is 4.99. The maximum absolute atomic E-state index is 12.5. The van der Waals surface area contributed by atoms with E-state index in [4.69, 9.17) is 9.47 Å². The smallest absolute Gasteiger partial charge is 0.274 e. The van der Waals surface area contributed by atoms with Crippen LogP contribution in [0.5, 0.6) is 5.75 Å². The van der Waals surface area contributed by atoms with Crippen LogP contribution >= 0.6 is 0 Å². The lowest BCUT2D eigenvalue weighted by molar-refractivity contribution is -0.00180. The van der Waals surface area contributed by atoms with Crippen molar-refractivity contribution < 1.29 is 14.3 Å². The van der Waals surface area contributed by atoms with Gasteiger partial charge in [-0.1, -0.05) is 30.2 Å². The van der Waals surface area contributed by atoms with E-state index in [1.807, 2.05) is 24.3 Å². The number of ether oxygens (including phenoxy) is 2. The summed E-state index contributed by atoms with van der Waals surface area (Å²) in [6.45, 7) is 0.877. The van der Waals surface area contributed by atoms with Crippen molar-refractivity contribution in [1.29, 1.82) is 0 Å². The highest BCUT2D eigenvalue weighted by molar-refractivity contribution is 5.93. The number of hydrogen-bond donors (Lipinski definition) is 1. The summed E-state index contributed by atoms with van der Waals surface area (Å²) in [5, 5.41) is 11.3.